The van der Waals surface area contributed by atoms with Gasteiger partial charge in [0.25, 0.3) is 0 Å². The van der Waals surface area contributed by atoms with Crippen molar-refractivity contribution in [1.29, 1.82) is 0 Å². The fraction of sp³-hybridized carbons (Fsp3) is 0.500. The monoisotopic (exact) mass is 304 g/mol. The summed E-state index contributed by atoms with van der Waals surface area (Å²) in [6, 6.07) is 5.83. The summed E-state index contributed by atoms with van der Waals surface area (Å²) in [5.41, 5.74) is 1.09. The second-order valence-electron chi connectivity index (χ2n) is 5.69. The fourth-order valence-electron chi connectivity index (χ4n) is 2.76. The van der Waals surface area contributed by atoms with E-state index in [0.29, 0.717) is 32.7 Å². The summed E-state index contributed by atoms with van der Waals surface area (Å²) >= 11 is 0. The number of carbonyl (C=O) groups is 2. The van der Waals surface area contributed by atoms with Gasteiger partial charge in [0.1, 0.15) is 13.2 Å². The van der Waals surface area contributed by atoms with Gasteiger partial charge < -0.3 is 19.7 Å². The third kappa shape index (κ3) is 3.16. The maximum absolute atomic E-state index is 12.0. The maximum Gasteiger partial charge on any atom is 0.225 e. The lowest BCUT2D eigenvalue weighted by Crippen LogP contribution is -2.33. The molecule has 1 saturated heterocycles. The van der Waals surface area contributed by atoms with E-state index in [4.69, 9.17) is 9.47 Å². The minimum atomic E-state index is -0.224. The van der Waals surface area contributed by atoms with Gasteiger partial charge in [-0.05, 0) is 24.1 Å². The number of nitrogens with one attached hydrogen (secondary N) is 1. The third-order valence-corrected chi connectivity index (χ3v) is 4.03. The molecule has 0 aromatic heterocycles. The van der Waals surface area contributed by atoms with Gasteiger partial charge in [0, 0.05) is 26.6 Å². The van der Waals surface area contributed by atoms with Crippen molar-refractivity contribution in [2.24, 2.45) is 5.92 Å². The molecule has 0 saturated carbocycles. The van der Waals surface area contributed by atoms with E-state index in [9.17, 15) is 9.59 Å². The second-order valence-corrected chi connectivity index (χ2v) is 5.69. The van der Waals surface area contributed by atoms with Crippen LogP contribution < -0.4 is 14.8 Å². The van der Waals surface area contributed by atoms with E-state index in [1.54, 1.807) is 11.9 Å². The highest BCUT2D eigenvalue weighted by molar-refractivity contribution is 5.89. The maximum atomic E-state index is 12.0. The van der Waals surface area contributed by atoms with Crippen molar-refractivity contribution in [3.63, 3.8) is 0 Å². The topological polar surface area (TPSA) is 67.9 Å². The summed E-state index contributed by atoms with van der Waals surface area (Å²) in [5.74, 6) is 1.30. The molecule has 1 aromatic carbocycles. The summed E-state index contributed by atoms with van der Waals surface area (Å²) in [6.45, 7) is 2.20. The Hall–Kier alpha value is -2.24. The molecule has 118 valence electrons. The summed E-state index contributed by atoms with van der Waals surface area (Å²) in [7, 11) is 1.73. The van der Waals surface area contributed by atoms with Crippen molar-refractivity contribution >= 4 is 11.8 Å². The van der Waals surface area contributed by atoms with E-state index >= 15 is 0 Å². The summed E-state index contributed by atoms with van der Waals surface area (Å²) < 4.78 is 11.0. The number of rotatable bonds is 4. The third-order valence-electron chi connectivity index (χ3n) is 4.03. The molecule has 1 aromatic rings. The smallest absolute Gasteiger partial charge is 0.225 e. The zero-order valence-electron chi connectivity index (χ0n) is 12.6. The SMILES string of the molecule is CN1C[C@H](C(=O)NCCc2ccc3c(c2)OCCO3)CC1=O. The first-order valence-corrected chi connectivity index (χ1v) is 7.53. The highest BCUT2D eigenvalue weighted by Gasteiger charge is 2.31. The lowest BCUT2D eigenvalue weighted by atomic mass is 10.1. The average molecular weight is 304 g/mol. The molecule has 1 atom stereocenters. The van der Waals surface area contributed by atoms with Gasteiger partial charge in [-0.25, -0.2) is 0 Å². The van der Waals surface area contributed by atoms with Crippen LogP contribution in [0.3, 0.4) is 0 Å². The van der Waals surface area contributed by atoms with Crippen LogP contribution in [0.4, 0.5) is 0 Å². The van der Waals surface area contributed by atoms with Crippen LogP contribution in [0.25, 0.3) is 0 Å². The molecule has 0 bridgehead atoms. The van der Waals surface area contributed by atoms with Crippen molar-refractivity contribution in [1.82, 2.24) is 10.2 Å². The zero-order valence-corrected chi connectivity index (χ0v) is 12.6. The second kappa shape index (κ2) is 6.25. The molecule has 2 aliphatic heterocycles. The Kier molecular flexibility index (Phi) is 4.18. The molecule has 22 heavy (non-hydrogen) atoms. The predicted octanol–water partition coefficient (Wildman–Crippen LogP) is 0.595. The number of hydrogen-bond donors (Lipinski definition) is 1. The van der Waals surface area contributed by atoms with Crippen molar-refractivity contribution in [3.05, 3.63) is 23.8 Å². The zero-order chi connectivity index (χ0) is 15.5. The lowest BCUT2D eigenvalue weighted by Gasteiger charge is -2.19. The number of likely N-dealkylation sites (tertiary alicyclic amines) is 1. The Labute approximate surface area is 129 Å². The van der Waals surface area contributed by atoms with Crippen molar-refractivity contribution in [3.8, 4) is 11.5 Å². The average Bonchev–Trinajstić information content (AvgIpc) is 2.86. The Morgan fingerprint density at radius 2 is 2.09 bits per heavy atom. The number of amides is 2. The first-order chi connectivity index (χ1) is 10.6. The summed E-state index contributed by atoms with van der Waals surface area (Å²) in [4.78, 5) is 25.1. The number of nitrogens with zero attached hydrogens (tertiary/aromatic N) is 1. The van der Waals surface area contributed by atoms with Crippen LogP contribution >= 0.6 is 0 Å². The molecular weight excluding hydrogens is 284 g/mol. The van der Waals surface area contributed by atoms with Crippen LogP contribution in [-0.4, -0.2) is 50.1 Å². The normalized spacial score (nSPS) is 20.1. The van der Waals surface area contributed by atoms with Crippen molar-refractivity contribution in [2.75, 3.05) is 33.4 Å². The Morgan fingerprint density at radius 3 is 2.82 bits per heavy atom. The molecule has 1 N–H and O–H groups in total. The van der Waals surface area contributed by atoms with Gasteiger partial charge in [0.15, 0.2) is 11.5 Å². The van der Waals surface area contributed by atoms with Crippen LogP contribution in [0.15, 0.2) is 18.2 Å². The van der Waals surface area contributed by atoms with E-state index < -0.39 is 0 Å². The van der Waals surface area contributed by atoms with Crippen LogP contribution in [0.5, 0.6) is 11.5 Å². The highest BCUT2D eigenvalue weighted by Crippen LogP contribution is 2.30. The molecule has 1 fully saturated rings. The fourth-order valence-corrected chi connectivity index (χ4v) is 2.76. The largest absolute Gasteiger partial charge is 0.486 e. The molecule has 0 unspecified atom stereocenters. The predicted molar refractivity (Wildman–Crippen MR) is 79.9 cm³/mol. The molecule has 2 aliphatic rings. The molecule has 0 radical (unpaired) electrons. The Bertz CT molecular complexity index is 588. The minimum absolute atomic E-state index is 0.0342. The van der Waals surface area contributed by atoms with Gasteiger partial charge in [-0.2, -0.15) is 0 Å². The van der Waals surface area contributed by atoms with E-state index in [2.05, 4.69) is 5.32 Å². The van der Waals surface area contributed by atoms with E-state index in [1.165, 1.54) is 0 Å². The van der Waals surface area contributed by atoms with Gasteiger partial charge in [-0.1, -0.05) is 6.07 Å². The summed E-state index contributed by atoms with van der Waals surface area (Å²) in [5, 5.41) is 2.90. The molecule has 0 aliphatic carbocycles. The van der Waals surface area contributed by atoms with Gasteiger partial charge in [-0.15, -0.1) is 0 Å². The first-order valence-electron chi connectivity index (χ1n) is 7.53. The van der Waals surface area contributed by atoms with E-state index in [0.717, 1.165) is 23.5 Å². The standard InChI is InChI=1S/C16H20N2O4/c1-18-10-12(9-15(18)19)16(20)17-5-4-11-2-3-13-14(8-11)22-7-6-21-13/h2-3,8,12H,4-7,9-10H2,1H3,(H,17,20)/t12-/m1/s1. The van der Waals surface area contributed by atoms with Crippen molar-refractivity contribution in [2.45, 2.75) is 12.8 Å². The van der Waals surface area contributed by atoms with Gasteiger partial charge in [0.05, 0.1) is 5.92 Å². The van der Waals surface area contributed by atoms with Gasteiger partial charge >= 0.3 is 0 Å². The van der Waals surface area contributed by atoms with E-state index in [1.807, 2.05) is 18.2 Å². The van der Waals surface area contributed by atoms with Gasteiger partial charge in [-0.3, -0.25) is 9.59 Å². The van der Waals surface area contributed by atoms with Crippen LogP contribution in [0.1, 0.15) is 12.0 Å². The molecule has 6 heteroatoms. The molecule has 6 nitrogen and oxygen atoms in total. The molecule has 0 spiro atoms. The first kappa shape index (κ1) is 14.7. The molecule has 2 heterocycles. The number of ether oxygens (including phenoxy) is 2. The van der Waals surface area contributed by atoms with Crippen LogP contribution in [0.2, 0.25) is 0 Å². The van der Waals surface area contributed by atoms with Crippen LogP contribution in [0, 0.1) is 5.92 Å². The lowest BCUT2D eigenvalue weighted by molar-refractivity contribution is -0.128. The minimum Gasteiger partial charge on any atom is -0.486 e. The molecule has 3 rings (SSSR count). The molecular formula is C16H20N2O4. The summed E-state index contributed by atoms with van der Waals surface area (Å²) in [6.07, 6.45) is 1.03. The molecule has 2 amide bonds. The number of benzene rings is 1. The quantitative estimate of drug-likeness (QED) is 0.884. The van der Waals surface area contributed by atoms with Crippen molar-refractivity contribution < 1.29 is 19.1 Å². The van der Waals surface area contributed by atoms with Crippen LogP contribution in [-0.2, 0) is 16.0 Å². The highest BCUT2D eigenvalue weighted by atomic mass is 16.6. The number of hydrogen-bond acceptors (Lipinski definition) is 4. The number of fused-ring (bicyclic) bond motifs is 1. The Balaban J connectivity index is 1.49. The Morgan fingerprint density at radius 1 is 1.32 bits per heavy atom. The van der Waals surface area contributed by atoms with Gasteiger partial charge in [0.2, 0.25) is 11.8 Å². The van der Waals surface area contributed by atoms with E-state index in [-0.39, 0.29) is 17.7 Å². The number of carbonyl (C=O) groups excluding carboxylic acids is 2.